The van der Waals surface area contributed by atoms with Crippen molar-refractivity contribution < 1.29 is 12.7 Å². The van der Waals surface area contributed by atoms with E-state index in [4.69, 9.17) is 0 Å². The summed E-state index contributed by atoms with van der Waals surface area (Å²) >= 11 is 3.01. The van der Waals surface area contributed by atoms with Gasteiger partial charge in [-0.25, -0.2) is 0 Å². The Kier molecular flexibility index (Phi) is 3.27. The summed E-state index contributed by atoms with van der Waals surface area (Å²) in [5.74, 6) is 0. The minimum absolute atomic E-state index is 0.148. The molecule has 24 heavy (non-hydrogen) atoms. The van der Waals surface area contributed by atoms with Gasteiger partial charge in [-0.2, -0.15) is 8.42 Å². The lowest BCUT2D eigenvalue weighted by molar-refractivity contribution is 0.266. The number of rotatable bonds is 2. The van der Waals surface area contributed by atoms with Crippen LogP contribution in [0.4, 0.5) is 0 Å². The maximum atomic E-state index is 12.3. The Hall–Kier alpha value is -2.23. The third-order valence-electron chi connectivity index (χ3n) is 3.41. The summed E-state index contributed by atoms with van der Waals surface area (Å²) in [4.78, 5) is 24.6. The molecule has 0 N–H and O–H groups in total. The molecule has 4 rings (SSSR count). The highest BCUT2D eigenvalue weighted by molar-refractivity contribution is 7.86. The summed E-state index contributed by atoms with van der Waals surface area (Å²) in [5, 5.41) is 0.296. The van der Waals surface area contributed by atoms with Crippen LogP contribution < -0.4 is 15.4 Å². The molecule has 4 aromatic rings. The van der Waals surface area contributed by atoms with Gasteiger partial charge in [-0.15, -0.1) is 22.7 Å². The number of hydrogen-bond acceptors (Lipinski definition) is 7. The van der Waals surface area contributed by atoms with Gasteiger partial charge in [0.1, 0.15) is 0 Å². The predicted octanol–water partition coefficient (Wildman–Crippen LogP) is 2.18. The van der Waals surface area contributed by atoms with Crippen LogP contribution in [0.15, 0.2) is 46.0 Å². The van der Waals surface area contributed by atoms with Crippen LogP contribution >= 0.6 is 22.7 Å². The van der Waals surface area contributed by atoms with Crippen molar-refractivity contribution in [2.24, 2.45) is 0 Å². The molecule has 0 radical (unpaired) electrons. The van der Waals surface area contributed by atoms with Crippen molar-refractivity contribution in [2.75, 3.05) is 6.26 Å². The third kappa shape index (κ3) is 2.41. The van der Waals surface area contributed by atoms with E-state index in [1.165, 1.54) is 22.7 Å². The minimum atomic E-state index is -3.98. The van der Waals surface area contributed by atoms with Crippen molar-refractivity contribution in [1.29, 1.82) is 0 Å². The van der Waals surface area contributed by atoms with Gasteiger partial charge in [0.2, 0.25) is 0 Å². The van der Waals surface area contributed by atoms with E-state index in [1.54, 1.807) is 12.1 Å². The second-order valence-corrected chi connectivity index (χ2v) is 8.90. The van der Waals surface area contributed by atoms with Crippen LogP contribution in [0.5, 0.6) is 0 Å². The normalized spacial score (nSPS) is 12.2. The average molecular weight is 379 g/mol. The van der Waals surface area contributed by atoms with Crippen molar-refractivity contribution in [3.63, 3.8) is 0 Å². The predicted molar refractivity (Wildman–Crippen MR) is 96.7 cm³/mol. The molecule has 0 amide bonds. The van der Waals surface area contributed by atoms with Gasteiger partial charge >= 0.3 is 10.1 Å². The molecule has 0 unspecified atom stereocenters. The van der Waals surface area contributed by atoms with Crippen LogP contribution in [-0.2, 0) is 10.1 Å². The van der Waals surface area contributed by atoms with Gasteiger partial charge in [-0.1, -0.05) is 16.9 Å². The van der Waals surface area contributed by atoms with E-state index < -0.39 is 21.2 Å². The Morgan fingerprint density at radius 2 is 1.33 bits per heavy atom. The van der Waals surface area contributed by atoms with Crippen molar-refractivity contribution >= 4 is 62.4 Å². The maximum Gasteiger partial charge on any atom is 0.324 e. The monoisotopic (exact) mass is 379 g/mol. The number of hydrogen-bond donors (Lipinski definition) is 0. The summed E-state index contributed by atoms with van der Waals surface area (Å²) in [5.41, 5.74) is -1.54. The van der Waals surface area contributed by atoms with E-state index >= 15 is 0 Å². The lowest BCUT2D eigenvalue weighted by Gasteiger charge is -2.00. The molecule has 0 spiro atoms. The summed E-state index contributed by atoms with van der Waals surface area (Å²) in [7, 11) is -3.98. The van der Waals surface area contributed by atoms with Gasteiger partial charge in [0.25, 0.3) is 11.1 Å². The fourth-order valence-corrected chi connectivity index (χ4v) is 5.13. The SMILES string of the molecule is CS(=O)(=O)On1c(=O)c2cc3sc4ccccc4sc3cc2c1=O. The van der Waals surface area contributed by atoms with Gasteiger partial charge in [0.05, 0.1) is 17.0 Å². The molecule has 2 aromatic heterocycles. The van der Waals surface area contributed by atoms with E-state index in [1.807, 2.05) is 24.3 Å². The van der Waals surface area contributed by atoms with Gasteiger partial charge in [0, 0.05) is 18.8 Å². The van der Waals surface area contributed by atoms with E-state index in [2.05, 4.69) is 4.28 Å². The minimum Gasteiger partial charge on any atom is -0.281 e. The summed E-state index contributed by atoms with van der Waals surface area (Å²) < 4.78 is 31.2. The first-order valence-corrected chi connectivity index (χ1v) is 10.2. The molecule has 0 saturated carbocycles. The molecular formula is C15H9NO5S3. The zero-order valence-electron chi connectivity index (χ0n) is 12.2. The van der Waals surface area contributed by atoms with Gasteiger partial charge in [-0.3, -0.25) is 13.9 Å². The first-order chi connectivity index (χ1) is 11.3. The topological polar surface area (TPSA) is 82.4 Å². The third-order valence-corrected chi connectivity index (χ3v) is 6.36. The standard InChI is InChI=1S/C15H9NO5S3/c1-24(19,20)21-16-14(17)8-6-12-13(7-9(8)15(16)18)23-11-5-3-2-4-10(11)22-12/h2-7H,1H3. The van der Waals surface area contributed by atoms with Crippen molar-refractivity contribution in [3.05, 3.63) is 57.1 Å². The number of fused-ring (bicyclic) bond motifs is 3. The maximum absolute atomic E-state index is 12.3. The highest BCUT2D eigenvalue weighted by Gasteiger charge is 2.18. The van der Waals surface area contributed by atoms with E-state index in [-0.39, 0.29) is 10.8 Å². The van der Waals surface area contributed by atoms with Crippen LogP contribution in [0.3, 0.4) is 0 Å². The first-order valence-electron chi connectivity index (χ1n) is 6.74. The quantitative estimate of drug-likeness (QED) is 0.499. The van der Waals surface area contributed by atoms with Gasteiger partial charge in [-0.05, 0) is 24.3 Å². The van der Waals surface area contributed by atoms with E-state index in [9.17, 15) is 18.0 Å². The average Bonchev–Trinajstić information content (AvgIpc) is 2.74. The van der Waals surface area contributed by atoms with Crippen LogP contribution in [0, 0.1) is 0 Å². The second kappa shape index (κ2) is 5.13. The molecule has 122 valence electrons. The van der Waals surface area contributed by atoms with Crippen LogP contribution in [0.2, 0.25) is 0 Å². The highest BCUT2D eigenvalue weighted by Crippen LogP contribution is 2.34. The Labute approximate surface area is 143 Å². The Morgan fingerprint density at radius 3 is 1.75 bits per heavy atom. The van der Waals surface area contributed by atoms with E-state index in [0.717, 1.165) is 25.1 Å². The Balaban J connectivity index is 2.11. The first kappa shape index (κ1) is 15.3. The van der Waals surface area contributed by atoms with Crippen LogP contribution in [0.25, 0.3) is 29.6 Å². The molecule has 0 aliphatic heterocycles. The van der Waals surface area contributed by atoms with Crippen molar-refractivity contribution in [3.8, 4) is 0 Å². The summed E-state index contributed by atoms with van der Waals surface area (Å²) in [6.07, 6.45) is 0.782. The van der Waals surface area contributed by atoms with Crippen molar-refractivity contribution in [1.82, 2.24) is 4.73 Å². The lowest BCUT2D eigenvalue weighted by atomic mass is 10.2. The molecule has 2 aromatic carbocycles. The Bertz CT molecular complexity index is 1260. The molecule has 0 saturated heterocycles. The molecule has 0 atom stereocenters. The molecule has 6 nitrogen and oxygen atoms in total. The zero-order valence-corrected chi connectivity index (χ0v) is 14.6. The molecule has 9 heteroatoms. The molecular weight excluding hydrogens is 370 g/mol. The second-order valence-electron chi connectivity index (χ2n) is 5.18. The van der Waals surface area contributed by atoms with Gasteiger partial charge in [0.15, 0.2) is 0 Å². The summed E-state index contributed by atoms with van der Waals surface area (Å²) in [6.45, 7) is 0. The fourth-order valence-electron chi connectivity index (χ4n) is 2.44. The van der Waals surface area contributed by atoms with Crippen molar-refractivity contribution in [2.45, 2.75) is 0 Å². The molecule has 0 aliphatic carbocycles. The van der Waals surface area contributed by atoms with Crippen LogP contribution in [-0.4, -0.2) is 19.4 Å². The smallest absolute Gasteiger partial charge is 0.281 e. The summed E-state index contributed by atoms with van der Waals surface area (Å²) in [6, 6.07) is 11.1. The molecule has 0 aliphatic rings. The highest BCUT2D eigenvalue weighted by atomic mass is 32.2. The number of nitrogens with zero attached hydrogens (tertiary/aromatic N) is 1. The van der Waals surface area contributed by atoms with Crippen LogP contribution in [0.1, 0.15) is 0 Å². The fraction of sp³-hybridized carbons (Fsp3) is 0.0667. The molecule has 2 heterocycles. The largest absolute Gasteiger partial charge is 0.324 e. The molecule has 0 fully saturated rings. The van der Waals surface area contributed by atoms with Gasteiger partial charge < -0.3 is 0 Å². The van der Waals surface area contributed by atoms with E-state index in [0.29, 0.717) is 4.73 Å². The number of aromatic nitrogens is 1. The number of benzene rings is 2. The Morgan fingerprint density at radius 1 is 0.875 bits per heavy atom. The zero-order chi connectivity index (χ0) is 17.1. The lowest BCUT2D eigenvalue weighted by Crippen LogP contribution is -2.35. The molecule has 0 bridgehead atoms.